The van der Waals surface area contributed by atoms with Crippen molar-refractivity contribution in [1.29, 1.82) is 0 Å². The van der Waals surface area contributed by atoms with E-state index in [0.29, 0.717) is 5.56 Å². The lowest BCUT2D eigenvalue weighted by Crippen LogP contribution is -2.44. The third-order valence-electron chi connectivity index (χ3n) is 4.72. The lowest BCUT2D eigenvalue weighted by atomic mass is 10.1. The maximum absolute atomic E-state index is 11.5. The Morgan fingerprint density at radius 2 is 1.79 bits per heavy atom. The Kier molecular flexibility index (Phi) is 5.33. The second kappa shape index (κ2) is 7.64. The molecule has 24 heavy (non-hydrogen) atoms. The van der Waals surface area contributed by atoms with Crippen molar-refractivity contribution < 1.29 is 4.79 Å². The molecule has 0 radical (unpaired) electrons. The van der Waals surface area contributed by atoms with Gasteiger partial charge in [0.1, 0.15) is 0 Å². The number of carbonyl (C=O) groups excluding carboxylic acids is 1. The first-order valence-electron chi connectivity index (χ1n) is 8.60. The van der Waals surface area contributed by atoms with Crippen LogP contribution >= 0.6 is 0 Å². The number of piperazine rings is 1. The highest BCUT2D eigenvalue weighted by Gasteiger charge is 2.14. The molecule has 3 rings (SSSR count). The van der Waals surface area contributed by atoms with Gasteiger partial charge in [-0.25, -0.2) is 0 Å². The van der Waals surface area contributed by atoms with Crippen molar-refractivity contribution >= 4 is 5.91 Å². The van der Waals surface area contributed by atoms with E-state index in [1.807, 2.05) is 30.5 Å². The smallest absolute Gasteiger partial charge is 0.250 e. The minimum absolute atomic E-state index is 0.370. The lowest BCUT2D eigenvalue weighted by Gasteiger charge is -2.32. The Labute approximate surface area is 143 Å². The molecule has 0 spiro atoms. The van der Waals surface area contributed by atoms with Gasteiger partial charge >= 0.3 is 0 Å². The zero-order valence-corrected chi connectivity index (χ0v) is 14.3. The topological polar surface area (TPSA) is 54.5 Å². The third kappa shape index (κ3) is 4.04. The second-order valence-corrected chi connectivity index (χ2v) is 6.54. The zero-order chi connectivity index (χ0) is 16.9. The van der Waals surface area contributed by atoms with Gasteiger partial charge < -0.3 is 20.1 Å². The molecule has 1 aromatic carbocycles. The summed E-state index contributed by atoms with van der Waals surface area (Å²) in [7, 11) is 2.18. The molecule has 0 bridgehead atoms. The fourth-order valence-electron chi connectivity index (χ4n) is 3.22. The molecule has 0 saturated carbocycles. The number of nitrogens with two attached hydrogens (primary N) is 1. The summed E-state index contributed by atoms with van der Waals surface area (Å²) < 4.78 is 2.16. The minimum atomic E-state index is -0.370. The number of carbonyl (C=O) groups is 1. The number of likely N-dealkylation sites (N-methyl/N-ethyl adjacent to an activating group) is 1. The lowest BCUT2D eigenvalue weighted by molar-refractivity contribution is 0.1000. The molecule has 1 saturated heterocycles. The molecule has 0 unspecified atom stereocenters. The largest absolute Gasteiger partial charge is 0.366 e. The van der Waals surface area contributed by atoms with E-state index in [1.54, 1.807) is 0 Å². The summed E-state index contributed by atoms with van der Waals surface area (Å²) >= 11 is 0. The van der Waals surface area contributed by atoms with Gasteiger partial charge in [-0.05, 0) is 31.6 Å². The van der Waals surface area contributed by atoms with E-state index in [1.165, 1.54) is 0 Å². The van der Waals surface area contributed by atoms with Crippen molar-refractivity contribution in [2.75, 3.05) is 39.8 Å². The normalized spacial score (nSPS) is 16.4. The van der Waals surface area contributed by atoms with E-state index >= 15 is 0 Å². The predicted octanol–water partition coefficient (Wildman–Crippen LogP) is 1.89. The van der Waals surface area contributed by atoms with Crippen LogP contribution in [0.15, 0.2) is 42.6 Å². The molecular weight excluding hydrogens is 300 g/mol. The van der Waals surface area contributed by atoms with E-state index in [0.717, 1.165) is 56.9 Å². The quantitative estimate of drug-likeness (QED) is 0.882. The summed E-state index contributed by atoms with van der Waals surface area (Å²) in [5.41, 5.74) is 8.22. The number of amides is 1. The molecule has 1 aliphatic rings. The summed E-state index contributed by atoms with van der Waals surface area (Å²) in [5, 5.41) is 0. The van der Waals surface area contributed by atoms with Crippen LogP contribution in [0.2, 0.25) is 0 Å². The Bertz CT molecular complexity index is 672. The highest BCUT2D eigenvalue weighted by atomic mass is 16.1. The molecule has 2 N–H and O–H groups in total. The fraction of sp³-hybridized carbons (Fsp3) is 0.421. The number of nitrogens with zero attached hydrogens (tertiary/aromatic N) is 3. The van der Waals surface area contributed by atoms with Gasteiger partial charge in [0.2, 0.25) is 5.91 Å². The molecular formula is C19H26N4O. The Morgan fingerprint density at radius 1 is 1.08 bits per heavy atom. The van der Waals surface area contributed by atoms with Crippen LogP contribution in [0.4, 0.5) is 0 Å². The first kappa shape index (κ1) is 16.7. The summed E-state index contributed by atoms with van der Waals surface area (Å²) in [6.07, 6.45) is 2.95. The van der Waals surface area contributed by atoms with E-state index < -0.39 is 0 Å². The number of aryl methyl sites for hydroxylation is 1. The summed E-state index contributed by atoms with van der Waals surface area (Å²) in [4.78, 5) is 16.4. The molecule has 0 aliphatic carbocycles. The number of rotatable bonds is 6. The fourth-order valence-corrected chi connectivity index (χ4v) is 3.22. The van der Waals surface area contributed by atoms with Crippen LogP contribution in [-0.4, -0.2) is 60.0 Å². The Hall–Kier alpha value is -2.11. The van der Waals surface area contributed by atoms with Crippen molar-refractivity contribution in [3.63, 3.8) is 0 Å². The van der Waals surface area contributed by atoms with Crippen LogP contribution in [-0.2, 0) is 6.54 Å². The van der Waals surface area contributed by atoms with Crippen LogP contribution in [0.1, 0.15) is 16.8 Å². The number of primary amides is 1. The van der Waals surface area contributed by atoms with Gasteiger partial charge in [0.05, 0.1) is 5.56 Å². The Balaban J connectivity index is 1.67. The van der Waals surface area contributed by atoms with E-state index in [-0.39, 0.29) is 5.91 Å². The summed E-state index contributed by atoms with van der Waals surface area (Å²) in [5.74, 6) is -0.370. The van der Waals surface area contributed by atoms with Gasteiger partial charge in [0, 0.05) is 44.6 Å². The van der Waals surface area contributed by atoms with Crippen LogP contribution in [0.5, 0.6) is 0 Å². The van der Waals surface area contributed by atoms with Crippen LogP contribution in [0.25, 0.3) is 11.3 Å². The van der Waals surface area contributed by atoms with Crippen LogP contribution < -0.4 is 5.73 Å². The number of hydrogen-bond acceptors (Lipinski definition) is 3. The van der Waals surface area contributed by atoms with E-state index in [2.05, 4.69) is 33.5 Å². The molecule has 1 aromatic heterocycles. The van der Waals surface area contributed by atoms with E-state index in [4.69, 9.17) is 5.73 Å². The molecule has 5 nitrogen and oxygen atoms in total. The number of aromatic nitrogens is 1. The third-order valence-corrected chi connectivity index (χ3v) is 4.72. The highest BCUT2D eigenvalue weighted by Crippen LogP contribution is 2.22. The monoisotopic (exact) mass is 326 g/mol. The predicted molar refractivity (Wildman–Crippen MR) is 96.9 cm³/mol. The maximum atomic E-state index is 11.5. The minimum Gasteiger partial charge on any atom is -0.366 e. The Morgan fingerprint density at radius 3 is 2.46 bits per heavy atom. The maximum Gasteiger partial charge on any atom is 0.250 e. The van der Waals surface area contributed by atoms with Gasteiger partial charge in [0.15, 0.2) is 0 Å². The standard InChI is InChI=1S/C19H26N4O/c1-21-10-12-22(13-11-21)8-5-9-23-15-17(19(20)24)14-18(23)16-6-3-2-4-7-16/h2-4,6-7,14-15H,5,8-13H2,1H3,(H2,20,24). The zero-order valence-electron chi connectivity index (χ0n) is 14.3. The molecule has 1 fully saturated rings. The number of benzene rings is 1. The summed E-state index contributed by atoms with van der Waals surface area (Å²) in [6.45, 7) is 6.55. The highest BCUT2D eigenvalue weighted by molar-refractivity contribution is 5.94. The molecule has 2 aromatic rings. The molecule has 5 heteroatoms. The first-order chi connectivity index (χ1) is 11.6. The van der Waals surface area contributed by atoms with Crippen molar-refractivity contribution in [3.05, 3.63) is 48.2 Å². The van der Waals surface area contributed by atoms with Gasteiger partial charge in [-0.1, -0.05) is 30.3 Å². The average molecular weight is 326 g/mol. The van der Waals surface area contributed by atoms with Gasteiger partial charge in [-0.3, -0.25) is 4.79 Å². The number of hydrogen-bond donors (Lipinski definition) is 1. The van der Waals surface area contributed by atoms with Crippen LogP contribution in [0.3, 0.4) is 0 Å². The van der Waals surface area contributed by atoms with Gasteiger partial charge in [-0.2, -0.15) is 0 Å². The van der Waals surface area contributed by atoms with Gasteiger partial charge in [0.25, 0.3) is 0 Å². The SMILES string of the molecule is CN1CCN(CCCn2cc(C(N)=O)cc2-c2ccccc2)CC1. The van der Waals surface area contributed by atoms with Crippen molar-refractivity contribution in [2.45, 2.75) is 13.0 Å². The van der Waals surface area contributed by atoms with Crippen molar-refractivity contribution in [3.8, 4) is 11.3 Å². The average Bonchev–Trinajstić information content (AvgIpc) is 3.02. The van der Waals surface area contributed by atoms with Gasteiger partial charge in [-0.15, -0.1) is 0 Å². The molecule has 0 atom stereocenters. The summed E-state index contributed by atoms with van der Waals surface area (Å²) in [6, 6.07) is 12.1. The van der Waals surface area contributed by atoms with Crippen molar-refractivity contribution in [1.82, 2.24) is 14.4 Å². The second-order valence-electron chi connectivity index (χ2n) is 6.54. The molecule has 1 aliphatic heterocycles. The first-order valence-corrected chi connectivity index (χ1v) is 8.60. The molecule has 1 amide bonds. The molecule has 128 valence electrons. The van der Waals surface area contributed by atoms with Crippen LogP contribution in [0, 0.1) is 0 Å². The molecule has 2 heterocycles. The van der Waals surface area contributed by atoms with E-state index in [9.17, 15) is 4.79 Å². The van der Waals surface area contributed by atoms with Crippen molar-refractivity contribution in [2.24, 2.45) is 5.73 Å².